The van der Waals surface area contributed by atoms with E-state index in [0.29, 0.717) is 11.4 Å². The minimum Gasteiger partial charge on any atom is -0.495 e. The van der Waals surface area contributed by atoms with Crippen LogP contribution >= 0.6 is 0 Å². The van der Waals surface area contributed by atoms with E-state index in [1.54, 1.807) is 6.07 Å². The summed E-state index contributed by atoms with van der Waals surface area (Å²) in [5.41, 5.74) is 1.66. The summed E-state index contributed by atoms with van der Waals surface area (Å²) in [6, 6.07) is 5.46. The van der Waals surface area contributed by atoms with Crippen molar-refractivity contribution in [2.75, 3.05) is 24.7 Å². The smallest absolute Gasteiger partial charge is 0.267 e. The lowest BCUT2D eigenvalue weighted by Gasteiger charge is -2.14. The molecule has 6 nitrogen and oxygen atoms in total. The lowest BCUT2D eigenvalue weighted by atomic mass is 10.2. The number of aliphatic hydroxyl groups excluding tert-OH is 1. The normalized spacial score (nSPS) is 13.1. The molecule has 0 saturated carbocycles. The van der Waals surface area contributed by atoms with Gasteiger partial charge in [-0.1, -0.05) is 6.07 Å². The van der Waals surface area contributed by atoms with Crippen LogP contribution < -0.4 is 10.1 Å². The van der Waals surface area contributed by atoms with Crippen LogP contribution in [0.25, 0.3) is 0 Å². The molecule has 18 heavy (non-hydrogen) atoms. The van der Waals surface area contributed by atoms with Gasteiger partial charge in [0.2, 0.25) is 0 Å². The fourth-order valence-electron chi connectivity index (χ4n) is 1.49. The zero-order valence-corrected chi connectivity index (χ0v) is 11.1. The Morgan fingerprint density at radius 3 is 2.67 bits per heavy atom. The number of rotatable bonds is 6. The summed E-state index contributed by atoms with van der Waals surface area (Å²) in [6.07, 6.45) is -1.19. The highest BCUT2D eigenvalue weighted by atomic mass is 32.2. The van der Waals surface area contributed by atoms with Gasteiger partial charge in [-0.2, -0.15) is 8.42 Å². The number of benzene rings is 1. The molecule has 0 aliphatic carbocycles. The maximum Gasteiger partial charge on any atom is 0.267 e. The van der Waals surface area contributed by atoms with Gasteiger partial charge < -0.3 is 15.2 Å². The number of aliphatic hydroxyl groups is 1. The van der Waals surface area contributed by atoms with E-state index in [1.807, 2.05) is 19.1 Å². The van der Waals surface area contributed by atoms with Crippen LogP contribution in [0.3, 0.4) is 0 Å². The number of hydrogen-bond acceptors (Lipinski definition) is 5. The first kappa shape index (κ1) is 14.7. The van der Waals surface area contributed by atoms with Gasteiger partial charge in [0.25, 0.3) is 10.1 Å². The molecule has 1 aromatic rings. The maximum absolute atomic E-state index is 10.6. The van der Waals surface area contributed by atoms with Crippen molar-refractivity contribution in [3.8, 4) is 5.75 Å². The Morgan fingerprint density at radius 1 is 1.44 bits per heavy atom. The predicted molar refractivity (Wildman–Crippen MR) is 68.6 cm³/mol. The largest absolute Gasteiger partial charge is 0.495 e. The molecule has 7 heteroatoms. The lowest BCUT2D eigenvalue weighted by molar-refractivity contribution is 0.208. The Kier molecular flexibility index (Phi) is 4.94. The van der Waals surface area contributed by atoms with Crippen molar-refractivity contribution in [2.24, 2.45) is 0 Å². The Morgan fingerprint density at radius 2 is 2.11 bits per heavy atom. The van der Waals surface area contributed by atoms with E-state index in [0.717, 1.165) is 5.56 Å². The number of nitrogens with one attached hydrogen (secondary N) is 1. The van der Waals surface area contributed by atoms with Gasteiger partial charge in [0.15, 0.2) is 0 Å². The van der Waals surface area contributed by atoms with Crippen molar-refractivity contribution in [1.29, 1.82) is 0 Å². The third kappa shape index (κ3) is 4.91. The van der Waals surface area contributed by atoms with E-state index >= 15 is 0 Å². The van der Waals surface area contributed by atoms with Crippen LogP contribution in [0.1, 0.15) is 5.56 Å². The fourth-order valence-corrected chi connectivity index (χ4v) is 2.09. The summed E-state index contributed by atoms with van der Waals surface area (Å²) in [7, 11) is -2.65. The number of hydrogen-bond donors (Lipinski definition) is 3. The molecule has 1 unspecified atom stereocenters. The number of anilines is 1. The van der Waals surface area contributed by atoms with Gasteiger partial charge in [-0.15, -0.1) is 0 Å². The molecule has 0 amide bonds. The van der Waals surface area contributed by atoms with Gasteiger partial charge in [-0.25, -0.2) is 0 Å². The van der Waals surface area contributed by atoms with Crippen LogP contribution in [-0.4, -0.2) is 43.6 Å². The third-order valence-corrected chi connectivity index (χ3v) is 3.09. The molecule has 0 aliphatic rings. The number of ether oxygens (including phenoxy) is 1. The van der Waals surface area contributed by atoms with Gasteiger partial charge in [0.1, 0.15) is 11.5 Å². The summed E-state index contributed by atoms with van der Waals surface area (Å²) in [5, 5.41) is 12.3. The zero-order chi connectivity index (χ0) is 13.8. The van der Waals surface area contributed by atoms with Crippen molar-refractivity contribution < 1.29 is 22.8 Å². The third-order valence-electron chi connectivity index (χ3n) is 2.29. The molecule has 0 heterocycles. The molecule has 0 aliphatic heterocycles. The molecule has 1 atom stereocenters. The zero-order valence-electron chi connectivity index (χ0n) is 10.3. The molecule has 0 radical (unpaired) electrons. The Bertz CT molecular complexity index is 500. The van der Waals surface area contributed by atoms with Crippen LogP contribution in [0.4, 0.5) is 5.69 Å². The van der Waals surface area contributed by atoms with Gasteiger partial charge >= 0.3 is 0 Å². The summed E-state index contributed by atoms with van der Waals surface area (Å²) in [4.78, 5) is 0. The molecule has 102 valence electrons. The number of methoxy groups -OCH3 is 1. The quantitative estimate of drug-likeness (QED) is 0.660. The van der Waals surface area contributed by atoms with E-state index in [-0.39, 0.29) is 6.54 Å². The van der Waals surface area contributed by atoms with E-state index in [9.17, 15) is 13.5 Å². The first-order valence-corrected chi connectivity index (χ1v) is 6.94. The lowest BCUT2D eigenvalue weighted by Crippen LogP contribution is -2.27. The highest BCUT2D eigenvalue weighted by molar-refractivity contribution is 7.85. The molecule has 1 aromatic carbocycles. The minimum absolute atomic E-state index is 0.000394. The van der Waals surface area contributed by atoms with Crippen molar-refractivity contribution in [3.63, 3.8) is 0 Å². The highest BCUT2D eigenvalue weighted by Crippen LogP contribution is 2.24. The van der Waals surface area contributed by atoms with Crippen molar-refractivity contribution in [1.82, 2.24) is 0 Å². The highest BCUT2D eigenvalue weighted by Gasteiger charge is 2.14. The monoisotopic (exact) mass is 275 g/mol. The standard InChI is InChI=1S/C11H17NO5S/c1-8-3-4-11(17-2)10(5-8)12-6-9(13)7-18(14,15)16/h3-5,9,12-13H,6-7H2,1-2H3,(H,14,15,16). The summed E-state index contributed by atoms with van der Waals surface area (Å²) < 4.78 is 34.9. The van der Waals surface area contributed by atoms with Crippen LogP contribution in [-0.2, 0) is 10.1 Å². The van der Waals surface area contributed by atoms with E-state index in [4.69, 9.17) is 9.29 Å². The topological polar surface area (TPSA) is 95.9 Å². The van der Waals surface area contributed by atoms with Crippen molar-refractivity contribution in [2.45, 2.75) is 13.0 Å². The molecule has 0 fully saturated rings. The Balaban J connectivity index is 2.65. The van der Waals surface area contributed by atoms with Crippen molar-refractivity contribution in [3.05, 3.63) is 23.8 Å². The molecule has 0 saturated heterocycles. The van der Waals surface area contributed by atoms with E-state index < -0.39 is 22.0 Å². The van der Waals surface area contributed by atoms with E-state index in [1.165, 1.54) is 7.11 Å². The maximum atomic E-state index is 10.6. The summed E-state index contributed by atoms with van der Waals surface area (Å²) >= 11 is 0. The molecule has 0 bridgehead atoms. The van der Waals surface area contributed by atoms with Crippen molar-refractivity contribution >= 4 is 15.8 Å². The molecule has 1 rings (SSSR count). The van der Waals surface area contributed by atoms with Gasteiger partial charge in [0.05, 0.1) is 18.9 Å². The second-order valence-corrected chi connectivity index (χ2v) is 5.48. The van der Waals surface area contributed by atoms with E-state index in [2.05, 4.69) is 5.32 Å². The average molecular weight is 275 g/mol. The molecule has 0 aromatic heterocycles. The second-order valence-electron chi connectivity index (χ2n) is 3.99. The molecular formula is C11H17NO5S. The Labute approximate surface area is 106 Å². The summed E-state index contributed by atoms with van der Waals surface area (Å²) in [5.74, 6) is -0.103. The molecule has 3 N–H and O–H groups in total. The predicted octanol–water partition coefficient (Wildman–Crippen LogP) is 0.664. The first-order valence-electron chi connectivity index (χ1n) is 5.33. The molecule has 0 spiro atoms. The molecular weight excluding hydrogens is 258 g/mol. The number of aryl methyl sites for hydroxylation is 1. The van der Waals surface area contributed by atoms with Crippen LogP contribution in [0.2, 0.25) is 0 Å². The first-order chi connectivity index (χ1) is 8.31. The van der Waals surface area contributed by atoms with Crippen LogP contribution in [0.5, 0.6) is 5.75 Å². The van der Waals surface area contributed by atoms with Gasteiger partial charge in [-0.3, -0.25) is 4.55 Å². The average Bonchev–Trinajstić information content (AvgIpc) is 2.24. The van der Waals surface area contributed by atoms with Gasteiger partial charge in [0, 0.05) is 6.54 Å². The van der Waals surface area contributed by atoms with Crippen LogP contribution in [0, 0.1) is 6.92 Å². The Hall–Kier alpha value is -1.31. The van der Waals surface area contributed by atoms with Crippen LogP contribution in [0.15, 0.2) is 18.2 Å². The summed E-state index contributed by atoms with van der Waals surface area (Å²) in [6.45, 7) is 1.90. The second kappa shape index (κ2) is 6.03. The SMILES string of the molecule is COc1ccc(C)cc1NCC(O)CS(=O)(=O)O. The fraction of sp³-hybridized carbons (Fsp3) is 0.455. The van der Waals surface area contributed by atoms with Gasteiger partial charge in [-0.05, 0) is 24.6 Å². The minimum atomic E-state index is -4.17.